The highest BCUT2D eigenvalue weighted by molar-refractivity contribution is 7.16. The molecule has 2 rings (SSSR count). The fourth-order valence-corrected chi connectivity index (χ4v) is 2.56. The number of likely N-dealkylation sites (N-methyl/N-ethyl adjacent to an activating group) is 1. The number of thiophene rings is 1. The first-order valence-corrected chi connectivity index (χ1v) is 6.95. The average Bonchev–Trinajstić information content (AvgIpc) is 2.73. The molecule has 102 valence electrons. The van der Waals surface area contributed by atoms with Gasteiger partial charge in [0.15, 0.2) is 0 Å². The number of carbonyl (C=O) groups excluding carboxylic acids is 1. The van der Waals surface area contributed by atoms with Crippen molar-refractivity contribution in [2.75, 3.05) is 18.5 Å². The largest absolute Gasteiger partial charge is 0.350 e. The van der Waals surface area contributed by atoms with Gasteiger partial charge in [-0.1, -0.05) is 0 Å². The van der Waals surface area contributed by atoms with E-state index < -0.39 is 0 Å². The van der Waals surface area contributed by atoms with Gasteiger partial charge in [-0.3, -0.25) is 4.79 Å². The van der Waals surface area contributed by atoms with Crippen LogP contribution in [-0.2, 0) is 4.79 Å². The predicted octanol–water partition coefficient (Wildman–Crippen LogP) is 2.04. The van der Waals surface area contributed by atoms with Crippen molar-refractivity contribution in [3.63, 3.8) is 0 Å². The maximum atomic E-state index is 11.9. The number of rotatable bonds is 3. The predicted molar refractivity (Wildman–Crippen MR) is 78.6 cm³/mol. The van der Waals surface area contributed by atoms with Crippen LogP contribution in [0, 0.1) is 0 Å². The van der Waals surface area contributed by atoms with Crippen LogP contribution >= 0.6 is 11.3 Å². The lowest BCUT2D eigenvalue weighted by atomic mass is 10.1. The van der Waals surface area contributed by atoms with Crippen molar-refractivity contribution >= 4 is 33.3 Å². The lowest BCUT2D eigenvalue weighted by Gasteiger charge is -2.24. The molecular formula is C13H18N4OS. The summed E-state index contributed by atoms with van der Waals surface area (Å²) in [4.78, 5) is 23.2. The quantitative estimate of drug-likeness (QED) is 0.933. The first-order chi connectivity index (χ1) is 8.87. The van der Waals surface area contributed by atoms with Crippen molar-refractivity contribution in [1.29, 1.82) is 0 Å². The highest BCUT2D eigenvalue weighted by Crippen LogP contribution is 2.25. The number of amides is 1. The average molecular weight is 278 g/mol. The summed E-state index contributed by atoms with van der Waals surface area (Å²) in [5.41, 5.74) is -0.221. The number of fused-ring (bicyclic) bond motifs is 1. The van der Waals surface area contributed by atoms with Crippen LogP contribution in [0.15, 0.2) is 17.8 Å². The first kappa shape index (κ1) is 13.7. The summed E-state index contributed by atoms with van der Waals surface area (Å²) in [6.07, 6.45) is 1.53. The summed E-state index contributed by atoms with van der Waals surface area (Å²) in [6.45, 7) is 6.17. The number of carbonyl (C=O) groups is 1. The molecule has 1 amide bonds. The summed E-state index contributed by atoms with van der Waals surface area (Å²) >= 11 is 1.57. The lowest BCUT2D eigenvalue weighted by molar-refractivity contribution is -0.121. The van der Waals surface area contributed by atoms with Crippen LogP contribution in [0.2, 0.25) is 0 Å². The maximum Gasteiger partial charge on any atom is 0.239 e. The number of hydrogen-bond donors (Lipinski definition) is 1. The molecule has 0 saturated carbocycles. The van der Waals surface area contributed by atoms with Crippen molar-refractivity contribution in [3.05, 3.63) is 17.8 Å². The van der Waals surface area contributed by atoms with Crippen LogP contribution in [0.5, 0.6) is 0 Å². The highest BCUT2D eigenvalue weighted by atomic mass is 32.1. The molecule has 5 nitrogen and oxygen atoms in total. The minimum absolute atomic E-state index is 0.0167. The van der Waals surface area contributed by atoms with Gasteiger partial charge in [0.25, 0.3) is 0 Å². The van der Waals surface area contributed by atoms with Gasteiger partial charge in [-0.25, -0.2) is 9.97 Å². The Hall–Kier alpha value is -1.69. The monoisotopic (exact) mass is 278 g/mol. The number of nitrogens with zero attached hydrogens (tertiary/aromatic N) is 3. The molecule has 0 unspecified atom stereocenters. The van der Waals surface area contributed by atoms with Crippen molar-refractivity contribution < 1.29 is 4.79 Å². The van der Waals surface area contributed by atoms with Crippen LogP contribution < -0.4 is 10.2 Å². The molecule has 0 spiro atoms. The van der Waals surface area contributed by atoms with E-state index >= 15 is 0 Å². The van der Waals surface area contributed by atoms with Gasteiger partial charge in [0.05, 0.1) is 11.9 Å². The summed E-state index contributed by atoms with van der Waals surface area (Å²) in [5, 5.41) is 5.90. The number of hydrogen-bond acceptors (Lipinski definition) is 5. The zero-order valence-electron chi connectivity index (χ0n) is 11.6. The summed E-state index contributed by atoms with van der Waals surface area (Å²) in [6, 6.07) is 1.98. The van der Waals surface area contributed by atoms with E-state index in [0.29, 0.717) is 0 Å². The summed E-state index contributed by atoms with van der Waals surface area (Å²) in [7, 11) is 1.86. The van der Waals surface area contributed by atoms with Gasteiger partial charge in [-0.15, -0.1) is 11.3 Å². The van der Waals surface area contributed by atoms with Crippen LogP contribution in [0.25, 0.3) is 10.2 Å². The zero-order valence-corrected chi connectivity index (χ0v) is 12.4. The topological polar surface area (TPSA) is 58.1 Å². The minimum Gasteiger partial charge on any atom is -0.350 e. The van der Waals surface area contributed by atoms with Gasteiger partial charge >= 0.3 is 0 Å². The third kappa shape index (κ3) is 3.41. The number of nitrogens with one attached hydrogen (secondary N) is 1. The van der Waals surface area contributed by atoms with Gasteiger partial charge in [0, 0.05) is 12.6 Å². The van der Waals surface area contributed by atoms with Gasteiger partial charge < -0.3 is 10.2 Å². The minimum atomic E-state index is -0.221. The Bertz CT molecular complexity index is 588. The fourth-order valence-electron chi connectivity index (χ4n) is 1.83. The molecule has 19 heavy (non-hydrogen) atoms. The number of aromatic nitrogens is 2. The standard InChI is InChI=1S/C13H18N4OS/c1-13(2,3)16-10(18)7-17(4)11-9-5-6-19-12(9)15-8-14-11/h5-6,8H,7H2,1-4H3,(H,16,18). The molecule has 2 aromatic rings. The molecule has 2 heterocycles. The Kier molecular flexibility index (Phi) is 3.71. The highest BCUT2D eigenvalue weighted by Gasteiger charge is 2.17. The van der Waals surface area contributed by atoms with Gasteiger partial charge in [0.1, 0.15) is 17.0 Å². The second-order valence-electron chi connectivity index (χ2n) is 5.49. The van der Waals surface area contributed by atoms with E-state index in [1.807, 2.05) is 44.2 Å². The zero-order chi connectivity index (χ0) is 14.0. The van der Waals surface area contributed by atoms with E-state index in [4.69, 9.17) is 0 Å². The van der Waals surface area contributed by atoms with E-state index in [-0.39, 0.29) is 18.0 Å². The van der Waals surface area contributed by atoms with Gasteiger partial charge in [0.2, 0.25) is 5.91 Å². The molecule has 0 aliphatic rings. The van der Waals surface area contributed by atoms with E-state index in [9.17, 15) is 4.79 Å². The Morgan fingerprint density at radius 3 is 2.84 bits per heavy atom. The third-order valence-electron chi connectivity index (χ3n) is 2.50. The van der Waals surface area contributed by atoms with Crippen molar-refractivity contribution in [1.82, 2.24) is 15.3 Å². The van der Waals surface area contributed by atoms with Gasteiger partial charge in [-0.05, 0) is 32.2 Å². The molecule has 1 N–H and O–H groups in total. The Balaban J connectivity index is 2.14. The molecule has 0 atom stereocenters. The molecular weight excluding hydrogens is 260 g/mol. The van der Waals surface area contributed by atoms with Crippen LogP contribution in [0.4, 0.5) is 5.82 Å². The fraction of sp³-hybridized carbons (Fsp3) is 0.462. The van der Waals surface area contributed by atoms with Crippen molar-refractivity contribution in [2.45, 2.75) is 26.3 Å². The SMILES string of the molecule is CN(CC(=O)NC(C)(C)C)c1ncnc2sccc12. The lowest BCUT2D eigenvalue weighted by Crippen LogP contribution is -2.45. The smallest absolute Gasteiger partial charge is 0.239 e. The van der Waals surface area contributed by atoms with Gasteiger partial charge in [-0.2, -0.15) is 0 Å². The van der Waals surface area contributed by atoms with E-state index in [2.05, 4.69) is 15.3 Å². The molecule has 0 fully saturated rings. The molecule has 2 aromatic heterocycles. The normalized spacial score (nSPS) is 11.6. The first-order valence-electron chi connectivity index (χ1n) is 6.07. The Morgan fingerprint density at radius 1 is 1.42 bits per heavy atom. The Labute approximate surface area is 116 Å². The molecule has 0 aliphatic carbocycles. The molecule has 0 bridgehead atoms. The maximum absolute atomic E-state index is 11.9. The van der Waals surface area contributed by atoms with Crippen LogP contribution in [-0.4, -0.2) is 35.0 Å². The Morgan fingerprint density at radius 2 is 2.16 bits per heavy atom. The molecule has 0 aliphatic heterocycles. The van der Waals surface area contributed by atoms with Crippen LogP contribution in [0.3, 0.4) is 0 Å². The van der Waals surface area contributed by atoms with E-state index in [1.165, 1.54) is 6.33 Å². The van der Waals surface area contributed by atoms with E-state index in [0.717, 1.165) is 16.0 Å². The third-order valence-corrected chi connectivity index (χ3v) is 3.32. The van der Waals surface area contributed by atoms with Crippen molar-refractivity contribution in [3.8, 4) is 0 Å². The second-order valence-corrected chi connectivity index (χ2v) is 6.39. The molecule has 6 heteroatoms. The number of anilines is 1. The molecule has 0 aromatic carbocycles. The summed E-state index contributed by atoms with van der Waals surface area (Å²) < 4.78 is 0. The molecule has 0 radical (unpaired) electrons. The summed E-state index contributed by atoms with van der Waals surface area (Å²) in [5.74, 6) is 0.771. The molecule has 0 saturated heterocycles. The second kappa shape index (κ2) is 5.13. The van der Waals surface area contributed by atoms with Crippen LogP contribution in [0.1, 0.15) is 20.8 Å². The van der Waals surface area contributed by atoms with E-state index in [1.54, 1.807) is 11.3 Å². The van der Waals surface area contributed by atoms with Crippen molar-refractivity contribution in [2.24, 2.45) is 0 Å².